The second kappa shape index (κ2) is 9.13. The van der Waals surface area contributed by atoms with Crippen molar-refractivity contribution < 1.29 is 65.9 Å². The fourth-order valence-electron chi connectivity index (χ4n) is 3.87. The Kier molecular flexibility index (Phi) is 6.52. The molecule has 1 atom stereocenters. The number of rotatable bonds is 3. The van der Waals surface area contributed by atoms with E-state index in [0.717, 1.165) is 0 Å². The molecule has 0 aliphatic heterocycles. The minimum atomic E-state index is -2.81. The molecule has 0 fully saturated rings. The van der Waals surface area contributed by atoms with E-state index in [1.54, 1.807) is 0 Å². The molecule has 0 saturated carbocycles. The molecular weight excluding hydrogens is 561 g/mol. The van der Waals surface area contributed by atoms with E-state index in [-0.39, 0.29) is 12.2 Å². The molecule has 0 amide bonds. The van der Waals surface area contributed by atoms with Gasteiger partial charge in [0.05, 0.1) is 11.1 Å². The number of benzene rings is 3. The van der Waals surface area contributed by atoms with Crippen LogP contribution in [-0.2, 0) is 0 Å². The van der Waals surface area contributed by atoms with Gasteiger partial charge in [-0.15, -0.1) is 0 Å². The largest absolute Gasteiger partial charge is 0.203 e. The van der Waals surface area contributed by atoms with Gasteiger partial charge in [0.2, 0.25) is 17.5 Å². The molecule has 15 heteroatoms. The van der Waals surface area contributed by atoms with Crippen molar-refractivity contribution in [1.82, 2.24) is 0 Å². The van der Waals surface area contributed by atoms with E-state index in [2.05, 4.69) is 0 Å². The molecule has 1 aliphatic carbocycles. The van der Waals surface area contributed by atoms with Gasteiger partial charge in [-0.2, -0.15) is 0 Å². The summed E-state index contributed by atoms with van der Waals surface area (Å²) >= 11 is 0. The van der Waals surface area contributed by atoms with Crippen LogP contribution in [0.2, 0.25) is 0 Å². The van der Waals surface area contributed by atoms with Crippen molar-refractivity contribution in [1.29, 1.82) is 0 Å². The maximum absolute atomic E-state index is 14.7. The van der Waals surface area contributed by atoms with E-state index in [1.165, 1.54) is 0 Å². The van der Waals surface area contributed by atoms with Crippen LogP contribution in [0.4, 0.5) is 65.9 Å². The first-order valence-electron chi connectivity index (χ1n) is 9.62. The Hall–Kier alpha value is -3.91. The number of hydrogen-bond acceptors (Lipinski definition) is 0. The van der Waals surface area contributed by atoms with Gasteiger partial charge in [-0.25, -0.2) is 65.9 Å². The minimum absolute atomic E-state index is 0.175. The molecule has 0 radical (unpaired) electrons. The van der Waals surface area contributed by atoms with E-state index in [4.69, 9.17) is 0 Å². The fourth-order valence-corrected chi connectivity index (χ4v) is 3.87. The van der Waals surface area contributed by atoms with Gasteiger partial charge in [0.1, 0.15) is 0 Å². The Balaban J connectivity index is 2.23. The molecule has 3 aromatic rings. The standard InChI is InChI=1S/C23H3F15/c24-9-6(10(25)16(31)21(36)15(9)30)3-1-2-4(7-11(26)17(32)22(37)18(33)12(7)27)5(3)8-13(28)19(34)23(38)20(35)14(8)29/h1-3H. The third kappa shape index (κ3) is 3.58. The predicted octanol–water partition coefficient (Wildman–Crippen LogP) is 8.04. The molecule has 0 bridgehead atoms. The zero-order valence-corrected chi connectivity index (χ0v) is 17.4. The number of halogens is 15. The highest BCUT2D eigenvalue weighted by Gasteiger charge is 2.40. The third-order valence-electron chi connectivity index (χ3n) is 5.57. The van der Waals surface area contributed by atoms with E-state index >= 15 is 0 Å². The normalized spacial score (nSPS) is 15.3. The zero-order chi connectivity index (χ0) is 28.5. The van der Waals surface area contributed by atoms with Crippen LogP contribution in [0.3, 0.4) is 0 Å². The first kappa shape index (κ1) is 27.1. The van der Waals surface area contributed by atoms with Crippen LogP contribution in [0.1, 0.15) is 22.6 Å². The van der Waals surface area contributed by atoms with Gasteiger partial charge < -0.3 is 0 Å². The van der Waals surface area contributed by atoms with Crippen molar-refractivity contribution in [2.75, 3.05) is 0 Å². The molecule has 0 nitrogen and oxygen atoms in total. The summed E-state index contributed by atoms with van der Waals surface area (Å²) in [5.41, 5.74) is -9.64. The van der Waals surface area contributed by atoms with Crippen molar-refractivity contribution in [3.05, 3.63) is 116 Å². The summed E-state index contributed by atoms with van der Waals surface area (Å²) in [6, 6.07) is 0. The fraction of sp³-hybridized carbons (Fsp3) is 0.0435. The van der Waals surface area contributed by atoms with Crippen LogP contribution in [0, 0.1) is 87.3 Å². The maximum Gasteiger partial charge on any atom is 0.200 e. The predicted molar refractivity (Wildman–Crippen MR) is 97.4 cm³/mol. The van der Waals surface area contributed by atoms with Gasteiger partial charge in [0.25, 0.3) is 0 Å². The molecule has 1 unspecified atom stereocenters. The lowest BCUT2D eigenvalue weighted by Crippen LogP contribution is -2.15. The number of allylic oxidation sites excluding steroid dienone is 4. The molecule has 1 aliphatic rings. The van der Waals surface area contributed by atoms with Crippen molar-refractivity contribution in [2.24, 2.45) is 0 Å². The molecule has 0 aromatic heterocycles. The van der Waals surface area contributed by atoms with Crippen molar-refractivity contribution in [3.8, 4) is 0 Å². The van der Waals surface area contributed by atoms with Gasteiger partial charge in [0, 0.05) is 11.5 Å². The van der Waals surface area contributed by atoms with E-state index in [0.29, 0.717) is 0 Å². The first-order chi connectivity index (χ1) is 17.6. The lowest BCUT2D eigenvalue weighted by atomic mass is 9.84. The summed E-state index contributed by atoms with van der Waals surface area (Å²) in [6.45, 7) is 0. The van der Waals surface area contributed by atoms with Gasteiger partial charge in [-0.05, 0) is 11.1 Å². The summed E-state index contributed by atoms with van der Waals surface area (Å²) in [6.07, 6.45) is 0.396. The summed E-state index contributed by atoms with van der Waals surface area (Å²) in [4.78, 5) is 0. The molecule has 0 spiro atoms. The van der Waals surface area contributed by atoms with Gasteiger partial charge in [-0.3, -0.25) is 0 Å². The summed E-state index contributed by atoms with van der Waals surface area (Å²) in [7, 11) is 0. The zero-order valence-electron chi connectivity index (χ0n) is 17.4. The van der Waals surface area contributed by atoms with E-state index < -0.39 is 121 Å². The van der Waals surface area contributed by atoms with Crippen molar-refractivity contribution in [3.63, 3.8) is 0 Å². The first-order valence-corrected chi connectivity index (χ1v) is 9.62. The third-order valence-corrected chi connectivity index (χ3v) is 5.57. The Morgan fingerprint density at radius 3 is 1.00 bits per heavy atom. The SMILES string of the molecule is Fc1c(F)c(F)c(C2=C(c3c(F)c(F)c(F)c(F)c3F)C(c3c(F)c(F)c(F)c(F)c3F)C=C2)c(F)c1F. The Morgan fingerprint density at radius 2 is 0.632 bits per heavy atom. The second-order valence-electron chi connectivity index (χ2n) is 7.54. The topological polar surface area (TPSA) is 0 Å². The van der Waals surface area contributed by atoms with Crippen LogP contribution in [0.15, 0.2) is 12.2 Å². The van der Waals surface area contributed by atoms with Gasteiger partial charge in [-0.1, -0.05) is 12.2 Å². The van der Waals surface area contributed by atoms with Crippen molar-refractivity contribution in [2.45, 2.75) is 5.92 Å². The second-order valence-corrected chi connectivity index (χ2v) is 7.54. The Morgan fingerprint density at radius 1 is 0.342 bits per heavy atom. The van der Waals surface area contributed by atoms with Crippen LogP contribution >= 0.6 is 0 Å². The quantitative estimate of drug-likeness (QED) is 0.172. The highest BCUT2D eigenvalue weighted by atomic mass is 19.2. The molecular formula is C23H3F15. The molecule has 0 saturated heterocycles. The lowest BCUT2D eigenvalue weighted by molar-refractivity contribution is 0.369. The Bertz CT molecular complexity index is 1530. The van der Waals surface area contributed by atoms with E-state index in [9.17, 15) is 65.9 Å². The lowest BCUT2D eigenvalue weighted by Gasteiger charge is -2.21. The molecule has 200 valence electrons. The molecule has 0 N–H and O–H groups in total. The summed E-state index contributed by atoms with van der Waals surface area (Å²) in [5.74, 6) is -43.6. The van der Waals surface area contributed by atoms with Gasteiger partial charge >= 0.3 is 0 Å². The highest BCUT2D eigenvalue weighted by molar-refractivity contribution is 6.02. The van der Waals surface area contributed by atoms with E-state index in [1.807, 2.05) is 0 Å². The molecule has 0 heterocycles. The van der Waals surface area contributed by atoms with Crippen LogP contribution in [0.5, 0.6) is 0 Å². The highest BCUT2D eigenvalue weighted by Crippen LogP contribution is 2.50. The molecule has 38 heavy (non-hydrogen) atoms. The number of hydrogen-bond donors (Lipinski definition) is 0. The molecule has 4 rings (SSSR count). The molecule has 3 aromatic carbocycles. The summed E-state index contributed by atoms with van der Waals surface area (Å²) in [5, 5.41) is 0. The maximum atomic E-state index is 14.7. The smallest absolute Gasteiger partial charge is 0.200 e. The minimum Gasteiger partial charge on any atom is -0.203 e. The summed E-state index contributed by atoms with van der Waals surface area (Å²) < 4.78 is 211. The monoisotopic (exact) mass is 564 g/mol. The van der Waals surface area contributed by atoms with Crippen LogP contribution in [0.25, 0.3) is 11.1 Å². The van der Waals surface area contributed by atoms with Gasteiger partial charge in [0.15, 0.2) is 69.8 Å². The van der Waals surface area contributed by atoms with Crippen LogP contribution < -0.4 is 0 Å². The average Bonchev–Trinajstić information content (AvgIpc) is 3.30. The Labute approximate surface area is 199 Å². The van der Waals surface area contributed by atoms with Crippen molar-refractivity contribution >= 4 is 11.1 Å². The average molecular weight is 564 g/mol. The van der Waals surface area contributed by atoms with Crippen LogP contribution in [-0.4, -0.2) is 0 Å².